The molecule has 4 heterocycles. The van der Waals surface area contributed by atoms with Crippen molar-refractivity contribution in [3.8, 4) is 11.3 Å². The number of piperidine rings is 1. The minimum Gasteiger partial charge on any atom is -0.444 e. The van der Waals surface area contributed by atoms with Gasteiger partial charge < -0.3 is 18.9 Å². The number of carbonyl (C=O) groups excluding carboxylic acids is 1. The van der Waals surface area contributed by atoms with Gasteiger partial charge in [0.2, 0.25) is 0 Å². The summed E-state index contributed by atoms with van der Waals surface area (Å²) in [5, 5.41) is 4.29. The highest BCUT2D eigenvalue weighted by atomic mass is 28.3. The van der Waals surface area contributed by atoms with Crippen LogP contribution in [0.3, 0.4) is 0 Å². The SMILES string of the molecule is Cn1cc(-c2cnc3c(n2)c(C2CCN(C(=O)OC(C)(C)C)CC2)cn3COCC[Si](C)(C)C)cn1. The molecule has 10 heteroatoms. The van der Waals surface area contributed by atoms with Crippen LogP contribution < -0.4 is 0 Å². The second kappa shape index (κ2) is 10.3. The Morgan fingerprint density at radius 3 is 2.47 bits per heavy atom. The van der Waals surface area contributed by atoms with Crippen LogP contribution in [0.1, 0.15) is 45.1 Å². The Morgan fingerprint density at radius 2 is 1.86 bits per heavy atom. The van der Waals surface area contributed by atoms with Gasteiger partial charge in [-0.05, 0) is 45.6 Å². The van der Waals surface area contributed by atoms with E-state index >= 15 is 0 Å². The zero-order chi connectivity index (χ0) is 26.1. The molecule has 3 aromatic heterocycles. The number of aromatic nitrogens is 5. The number of ether oxygens (including phenoxy) is 2. The number of aryl methyl sites for hydroxylation is 1. The van der Waals surface area contributed by atoms with Crippen molar-refractivity contribution in [3.63, 3.8) is 0 Å². The third-order valence-corrected chi connectivity index (χ3v) is 8.11. The van der Waals surface area contributed by atoms with Crippen LogP contribution in [0.4, 0.5) is 4.79 Å². The fraction of sp³-hybridized carbons (Fsp3) is 0.615. The fourth-order valence-corrected chi connectivity index (χ4v) is 5.16. The summed E-state index contributed by atoms with van der Waals surface area (Å²) >= 11 is 0. The molecule has 0 aromatic carbocycles. The molecule has 0 spiro atoms. The van der Waals surface area contributed by atoms with Gasteiger partial charge in [0, 0.05) is 58.3 Å². The van der Waals surface area contributed by atoms with Gasteiger partial charge in [-0.15, -0.1) is 0 Å². The Kier molecular flexibility index (Phi) is 7.56. The molecule has 0 bridgehead atoms. The first-order valence-corrected chi connectivity index (χ1v) is 16.5. The van der Waals surface area contributed by atoms with Gasteiger partial charge in [0.15, 0.2) is 5.65 Å². The number of likely N-dealkylation sites (tertiary alicyclic amines) is 1. The minimum atomic E-state index is -1.16. The second-order valence-electron chi connectivity index (χ2n) is 12.0. The van der Waals surface area contributed by atoms with Gasteiger partial charge in [-0.2, -0.15) is 5.10 Å². The normalized spacial score (nSPS) is 15.6. The molecule has 1 aliphatic rings. The highest BCUT2D eigenvalue weighted by Gasteiger charge is 2.30. The Balaban J connectivity index is 1.57. The molecule has 0 radical (unpaired) electrons. The molecule has 1 fully saturated rings. The number of rotatable bonds is 7. The number of hydrogen-bond donors (Lipinski definition) is 0. The molecule has 1 saturated heterocycles. The smallest absolute Gasteiger partial charge is 0.410 e. The number of nitrogens with zero attached hydrogens (tertiary/aromatic N) is 6. The largest absolute Gasteiger partial charge is 0.444 e. The summed E-state index contributed by atoms with van der Waals surface area (Å²) in [6, 6.07) is 1.12. The second-order valence-corrected chi connectivity index (χ2v) is 17.6. The highest BCUT2D eigenvalue weighted by molar-refractivity contribution is 6.76. The number of hydrogen-bond acceptors (Lipinski definition) is 6. The van der Waals surface area contributed by atoms with Crippen molar-refractivity contribution in [2.75, 3.05) is 19.7 Å². The summed E-state index contributed by atoms with van der Waals surface area (Å²) < 4.78 is 15.5. The van der Waals surface area contributed by atoms with Crippen molar-refractivity contribution in [2.24, 2.45) is 7.05 Å². The van der Waals surface area contributed by atoms with E-state index in [-0.39, 0.29) is 12.0 Å². The summed E-state index contributed by atoms with van der Waals surface area (Å²) in [7, 11) is 0.739. The van der Waals surface area contributed by atoms with E-state index in [1.165, 1.54) is 5.56 Å². The zero-order valence-corrected chi connectivity index (χ0v) is 23.7. The van der Waals surface area contributed by atoms with Crippen LogP contribution in [0.25, 0.3) is 22.4 Å². The van der Waals surface area contributed by atoms with Crippen LogP contribution in [-0.2, 0) is 23.3 Å². The van der Waals surface area contributed by atoms with Crippen LogP contribution in [0.15, 0.2) is 24.8 Å². The Morgan fingerprint density at radius 1 is 1.14 bits per heavy atom. The molecule has 36 heavy (non-hydrogen) atoms. The molecule has 0 atom stereocenters. The summed E-state index contributed by atoms with van der Waals surface area (Å²) in [4.78, 5) is 24.2. The van der Waals surface area contributed by atoms with E-state index in [9.17, 15) is 4.79 Å². The molecular formula is C26H40N6O3Si. The first kappa shape index (κ1) is 26.3. The van der Waals surface area contributed by atoms with Gasteiger partial charge in [0.1, 0.15) is 17.8 Å². The predicted molar refractivity (Wildman–Crippen MR) is 144 cm³/mol. The van der Waals surface area contributed by atoms with E-state index in [2.05, 4.69) is 35.5 Å². The van der Waals surface area contributed by atoms with E-state index < -0.39 is 13.7 Å². The van der Waals surface area contributed by atoms with Crippen molar-refractivity contribution in [1.29, 1.82) is 0 Å². The molecule has 0 saturated carbocycles. The quantitative estimate of drug-likeness (QED) is 0.317. The van der Waals surface area contributed by atoms with Crippen LogP contribution in [0.2, 0.25) is 25.7 Å². The lowest BCUT2D eigenvalue weighted by Crippen LogP contribution is -2.41. The maximum Gasteiger partial charge on any atom is 0.410 e. The Labute approximate surface area is 214 Å². The van der Waals surface area contributed by atoms with Gasteiger partial charge in [0.25, 0.3) is 0 Å². The van der Waals surface area contributed by atoms with E-state index in [4.69, 9.17) is 19.4 Å². The zero-order valence-electron chi connectivity index (χ0n) is 22.7. The monoisotopic (exact) mass is 512 g/mol. The van der Waals surface area contributed by atoms with Crippen LogP contribution in [0, 0.1) is 0 Å². The van der Waals surface area contributed by atoms with Crippen LogP contribution >= 0.6 is 0 Å². The summed E-state index contributed by atoms with van der Waals surface area (Å²) in [6.45, 7) is 15.3. The standard InChI is InChI=1S/C26H40N6O3Si/c1-26(2,3)35-25(33)31-10-8-19(9-11-31)21-17-32(18-34-12-13-36(5,6)7)24-23(21)29-22(15-27-24)20-14-28-30(4)16-20/h14-17,19H,8-13,18H2,1-7H3. The topological polar surface area (TPSA) is 87.3 Å². The molecular weight excluding hydrogens is 472 g/mol. The number of amides is 1. The number of carbonyl (C=O) groups is 1. The van der Waals surface area contributed by atoms with Crippen molar-refractivity contribution >= 4 is 25.3 Å². The average molecular weight is 513 g/mol. The molecule has 0 unspecified atom stereocenters. The van der Waals surface area contributed by atoms with Gasteiger partial charge in [0.05, 0.1) is 18.1 Å². The lowest BCUT2D eigenvalue weighted by molar-refractivity contribution is 0.0205. The van der Waals surface area contributed by atoms with Crippen molar-refractivity contribution in [2.45, 2.75) is 77.5 Å². The third kappa shape index (κ3) is 6.53. The van der Waals surface area contributed by atoms with Crippen molar-refractivity contribution in [3.05, 3.63) is 30.4 Å². The third-order valence-electron chi connectivity index (χ3n) is 6.41. The van der Waals surface area contributed by atoms with E-state index in [0.29, 0.717) is 19.8 Å². The van der Waals surface area contributed by atoms with Gasteiger partial charge in [-0.3, -0.25) is 4.68 Å². The first-order chi connectivity index (χ1) is 16.9. The highest BCUT2D eigenvalue weighted by Crippen LogP contribution is 2.34. The first-order valence-electron chi connectivity index (χ1n) is 12.8. The van der Waals surface area contributed by atoms with Gasteiger partial charge in [-0.25, -0.2) is 14.8 Å². The summed E-state index contributed by atoms with van der Waals surface area (Å²) in [5.74, 6) is 0.285. The van der Waals surface area contributed by atoms with Crippen molar-refractivity contribution in [1.82, 2.24) is 29.2 Å². The fourth-order valence-electron chi connectivity index (χ4n) is 4.41. The Bertz CT molecular complexity index is 1200. The van der Waals surface area contributed by atoms with Crippen LogP contribution in [0.5, 0.6) is 0 Å². The number of fused-ring (bicyclic) bond motifs is 1. The van der Waals surface area contributed by atoms with Gasteiger partial charge >= 0.3 is 6.09 Å². The molecule has 0 N–H and O–H groups in total. The molecule has 9 nitrogen and oxygen atoms in total. The molecule has 1 amide bonds. The molecule has 0 aliphatic carbocycles. The molecule has 4 rings (SSSR count). The van der Waals surface area contributed by atoms with Crippen LogP contribution in [-0.4, -0.2) is 68.7 Å². The predicted octanol–water partition coefficient (Wildman–Crippen LogP) is 5.26. The molecule has 3 aromatic rings. The summed E-state index contributed by atoms with van der Waals surface area (Å²) in [5.41, 5.74) is 4.16. The molecule has 196 valence electrons. The summed E-state index contributed by atoms with van der Waals surface area (Å²) in [6.07, 6.45) is 9.20. The van der Waals surface area contributed by atoms with E-state index in [0.717, 1.165) is 47.9 Å². The lowest BCUT2D eigenvalue weighted by atomic mass is 9.91. The Hall–Kier alpha value is -2.72. The maximum absolute atomic E-state index is 12.5. The van der Waals surface area contributed by atoms with Crippen molar-refractivity contribution < 1.29 is 14.3 Å². The van der Waals surface area contributed by atoms with Gasteiger partial charge in [-0.1, -0.05) is 19.6 Å². The lowest BCUT2D eigenvalue weighted by Gasteiger charge is -2.33. The molecule has 1 aliphatic heterocycles. The maximum atomic E-state index is 12.5. The minimum absolute atomic E-state index is 0.238. The average Bonchev–Trinajstić information content (AvgIpc) is 3.38. The van der Waals surface area contributed by atoms with E-state index in [1.807, 2.05) is 51.3 Å². The van der Waals surface area contributed by atoms with E-state index in [1.54, 1.807) is 4.68 Å².